The van der Waals surface area contributed by atoms with Gasteiger partial charge in [-0.25, -0.2) is 14.2 Å². The quantitative estimate of drug-likeness (QED) is 0.839. The fraction of sp³-hybridized carbons (Fsp3) is 0.0909. The minimum Gasteiger partial charge on any atom is -0.453 e. The maximum absolute atomic E-state index is 13.0. The number of nitrogens with one attached hydrogen (secondary N) is 2. The summed E-state index contributed by atoms with van der Waals surface area (Å²) >= 11 is 0. The highest BCUT2D eigenvalue weighted by molar-refractivity contribution is 5.82. The number of ether oxygens (including phenoxy) is 1. The number of hydrogen-bond donors (Lipinski definition) is 2. The number of hydrogen-bond acceptors (Lipinski definition) is 3. The van der Waals surface area contributed by atoms with Crippen molar-refractivity contribution in [3.05, 3.63) is 36.3 Å². The van der Waals surface area contributed by atoms with Crippen LogP contribution in [0, 0.1) is 5.82 Å². The molecular formula is C11H10FN3O2. The van der Waals surface area contributed by atoms with Crippen LogP contribution >= 0.6 is 0 Å². The van der Waals surface area contributed by atoms with E-state index >= 15 is 0 Å². The molecule has 0 aliphatic rings. The zero-order chi connectivity index (χ0) is 12.3. The van der Waals surface area contributed by atoms with E-state index in [-0.39, 0.29) is 11.8 Å². The molecule has 1 heterocycles. The first-order chi connectivity index (χ1) is 8.19. The lowest BCUT2D eigenvalue weighted by molar-refractivity contribution is 0.186. The van der Waals surface area contributed by atoms with Crippen LogP contribution in [-0.2, 0) is 4.74 Å². The van der Waals surface area contributed by atoms with E-state index in [4.69, 9.17) is 0 Å². The van der Waals surface area contributed by atoms with Gasteiger partial charge in [0.1, 0.15) is 5.82 Å². The van der Waals surface area contributed by atoms with Crippen LogP contribution in [0.15, 0.2) is 30.5 Å². The molecule has 1 aromatic heterocycles. The van der Waals surface area contributed by atoms with Crippen LogP contribution in [0.25, 0.3) is 11.3 Å². The van der Waals surface area contributed by atoms with Crippen molar-refractivity contribution < 1.29 is 13.9 Å². The molecule has 0 unspecified atom stereocenters. The van der Waals surface area contributed by atoms with E-state index in [2.05, 4.69) is 20.0 Å². The van der Waals surface area contributed by atoms with Gasteiger partial charge in [-0.1, -0.05) is 12.1 Å². The smallest absolute Gasteiger partial charge is 0.413 e. The molecule has 0 saturated heterocycles. The van der Waals surface area contributed by atoms with E-state index in [9.17, 15) is 9.18 Å². The zero-order valence-electron chi connectivity index (χ0n) is 9.03. The van der Waals surface area contributed by atoms with E-state index < -0.39 is 6.09 Å². The van der Waals surface area contributed by atoms with Crippen molar-refractivity contribution >= 4 is 12.0 Å². The topological polar surface area (TPSA) is 67.0 Å². The van der Waals surface area contributed by atoms with Crippen LogP contribution in [0.1, 0.15) is 0 Å². The number of anilines is 1. The summed E-state index contributed by atoms with van der Waals surface area (Å²) in [4.78, 5) is 17.7. The highest BCUT2D eigenvalue weighted by Crippen LogP contribution is 2.19. The number of aromatic nitrogens is 2. The molecule has 1 amide bonds. The lowest BCUT2D eigenvalue weighted by Crippen LogP contribution is -2.11. The Labute approximate surface area is 96.6 Å². The molecule has 0 spiro atoms. The van der Waals surface area contributed by atoms with Crippen LogP contribution in [0.4, 0.5) is 15.1 Å². The molecule has 0 bridgehead atoms. The molecule has 0 radical (unpaired) electrons. The molecule has 0 aliphatic heterocycles. The van der Waals surface area contributed by atoms with Crippen molar-refractivity contribution in [3.63, 3.8) is 0 Å². The fourth-order valence-electron chi connectivity index (χ4n) is 1.34. The van der Waals surface area contributed by atoms with Crippen molar-refractivity contribution in [1.29, 1.82) is 0 Å². The third-order valence-electron chi connectivity index (χ3n) is 2.12. The molecule has 0 atom stereocenters. The Bertz CT molecular complexity index is 539. The number of carbonyl (C=O) groups is 1. The predicted octanol–water partition coefficient (Wildman–Crippen LogP) is 2.39. The predicted molar refractivity (Wildman–Crippen MR) is 60.0 cm³/mol. The third-order valence-corrected chi connectivity index (χ3v) is 2.12. The summed E-state index contributed by atoms with van der Waals surface area (Å²) in [6, 6.07) is 6.06. The first-order valence-corrected chi connectivity index (χ1v) is 4.85. The van der Waals surface area contributed by atoms with Gasteiger partial charge < -0.3 is 9.72 Å². The summed E-state index contributed by atoms with van der Waals surface area (Å²) in [5, 5.41) is 2.37. The number of aromatic amines is 1. The maximum atomic E-state index is 13.0. The van der Waals surface area contributed by atoms with Gasteiger partial charge in [0, 0.05) is 5.56 Å². The number of imidazole rings is 1. The number of methoxy groups -OCH3 is 1. The average Bonchev–Trinajstić information content (AvgIpc) is 2.77. The lowest BCUT2D eigenvalue weighted by Gasteiger charge is -1.99. The molecule has 1 aromatic carbocycles. The van der Waals surface area contributed by atoms with E-state index in [0.717, 1.165) is 0 Å². The Morgan fingerprint density at radius 2 is 2.35 bits per heavy atom. The molecule has 17 heavy (non-hydrogen) atoms. The Balaban J connectivity index is 2.21. The molecule has 88 valence electrons. The van der Waals surface area contributed by atoms with Gasteiger partial charge in [-0.3, -0.25) is 5.32 Å². The van der Waals surface area contributed by atoms with Crippen molar-refractivity contribution in [1.82, 2.24) is 9.97 Å². The minimum atomic E-state index is -0.620. The largest absolute Gasteiger partial charge is 0.453 e. The molecule has 6 heteroatoms. The van der Waals surface area contributed by atoms with Gasteiger partial charge in [-0.15, -0.1) is 0 Å². The lowest BCUT2D eigenvalue weighted by atomic mass is 10.2. The molecule has 0 aliphatic carbocycles. The monoisotopic (exact) mass is 235 g/mol. The van der Waals surface area contributed by atoms with Gasteiger partial charge in [-0.2, -0.15) is 0 Å². The summed E-state index contributed by atoms with van der Waals surface area (Å²) in [7, 11) is 1.26. The number of nitrogens with zero attached hydrogens (tertiary/aromatic N) is 1. The van der Waals surface area contributed by atoms with Gasteiger partial charge in [0.25, 0.3) is 0 Å². The highest BCUT2D eigenvalue weighted by Gasteiger charge is 2.06. The van der Waals surface area contributed by atoms with E-state index in [1.807, 2.05) is 0 Å². The second-order valence-electron chi connectivity index (χ2n) is 3.27. The normalized spacial score (nSPS) is 10.0. The molecule has 2 aromatic rings. The highest BCUT2D eigenvalue weighted by atomic mass is 19.1. The number of carbonyl (C=O) groups excluding carboxylic acids is 1. The summed E-state index contributed by atoms with van der Waals surface area (Å²) < 4.78 is 17.4. The molecule has 0 fully saturated rings. The van der Waals surface area contributed by atoms with Crippen molar-refractivity contribution in [3.8, 4) is 11.3 Å². The zero-order valence-corrected chi connectivity index (χ0v) is 9.03. The van der Waals surface area contributed by atoms with Gasteiger partial charge in [-0.05, 0) is 12.1 Å². The SMILES string of the molecule is COC(=O)Nc1ncc(-c2cccc(F)c2)[nH]1. The standard InChI is InChI=1S/C11H10FN3O2/c1-17-11(16)15-10-13-6-9(14-10)7-3-2-4-8(12)5-7/h2-6H,1H3,(H2,13,14,15,16). The van der Waals surface area contributed by atoms with Gasteiger partial charge >= 0.3 is 6.09 Å². The molecule has 2 rings (SSSR count). The Kier molecular flexibility index (Phi) is 3.04. The summed E-state index contributed by atoms with van der Waals surface area (Å²) in [5.41, 5.74) is 1.26. The number of amides is 1. The molecule has 5 nitrogen and oxygen atoms in total. The molecular weight excluding hydrogens is 225 g/mol. The van der Waals surface area contributed by atoms with Crippen LogP contribution in [-0.4, -0.2) is 23.2 Å². The minimum absolute atomic E-state index is 0.246. The second kappa shape index (κ2) is 4.65. The maximum Gasteiger partial charge on any atom is 0.413 e. The van der Waals surface area contributed by atoms with Gasteiger partial charge in [0.15, 0.2) is 0 Å². The Morgan fingerprint density at radius 1 is 1.53 bits per heavy atom. The number of halogens is 1. The Hall–Kier alpha value is -2.37. The van der Waals surface area contributed by atoms with Crippen LogP contribution in [0.3, 0.4) is 0 Å². The van der Waals surface area contributed by atoms with Gasteiger partial charge in [0.2, 0.25) is 5.95 Å². The molecule has 2 N–H and O–H groups in total. The average molecular weight is 235 g/mol. The van der Waals surface area contributed by atoms with Crippen molar-refractivity contribution in [2.45, 2.75) is 0 Å². The second-order valence-corrected chi connectivity index (χ2v) is 3.27. The number of H-pyrrole nitrogens is 1. The van der Waals surface area contributed by atoms with E-state index in [0.29, 0.717) is 11.3 Å². The third kappa shape index (κ3) is 2.60. The van der Waals surface area contributed by atoms with E-state index in [1.165, 1.54) is 25.4 Å². The van der Waals surface area contributed by atoms with Crippen LogP contribution in [0.5, 0.6) is 0 Å². The summed E-state index contributed by atoms with van der Waals surface area (Å²) in [6.07, 6.45) is 0.880. The summed E-state index contributed by atoms with van der Waals surface area (Å²) in [5.74, 6) is -0.0873. The van der Waals surface area contributed by atoms with Crippen LogP contribution < -0.4 is 5.32 Å². The first-order valence-electron chi connectivity index (χ1n) is 4.85. The van der Waals surface area contributed by atoms with Crippen molar-refractivity contribution in [2.24, 2.45) is 0 Å². The van der Waals surface area contributed by atoms with Crippen molar-refractivity contribution in [2.75, 3.05) is 12.4 Å². The number of benzene rings is 1. The Morgan fingerprint density at radius 3 is 3.06 bits per heavy atom. The fourth-order valence-corrected chi connectivity index (χ4v) is 1.34. The van der Waals surface area contributed by atoms with Gasteiger partial charge in [0.05, 0.1) is 19.0 Å². The summed E-state index contributed by atoms with van der Waals surface area (Å²) in [6.45, 7) is 0. The number of rotatable bonds is 2. The molecule has 0 saturated carbocycles. The first kappa shape index (κ1) is 11.1. The van der Waals surface area contributed by atoms with Crippen LogP contribution in [0.2, 0.25) is 0 Å². The van der Waals surface area contributed by atoms with E-state index in [1.54, 1.807) is 12.1 Å².